The minimum Gasteiger partial charge on any atom is -0.462 e. The molecule has 2 aromatic heterocycles. The van der Waals surface area contributed by atoms with Crippen molar-refractivity contribution in [3.8, 4) is 11.1 Å². The van der Waals surface area contributed by atoms with Gasteiger partial charge in [-0.15, -0.1) is 22.7 Å². The molecule has 1 N–H and O–H groups in total. The fourth-order valence-corrected chi connectivity index (χ4v) is 5.87. The molecule has 4 rings (SSSR count). The fraction of sp³-hybridized carbons (Fsp3) is 0.125. The number of halogens is 2. The normalized spacial score (nSPS) is 10.8. The molecule has 0 saturated heterocycles. The van der Waals surface area contributed by atoms with Crippen molar-refractivity contribution in [3.63, 3.8) is 0 Å². The Labute approximate surface area is 213 Å². The van der Waals surface area contributed by atoms with Crippen molar-refractivity contribution in [3.05, 3.63) is 74.4 Å². The summed E-state index contributed by atoms with van der Waals surface area (Å²) in [6.07, 6.45) is 0. The summed E-state index contributed by atoms with van der Waals surface area (Å²) < 4.78 is 11.1. The highest BCUT2D eigenvalue weighted by molar-refractivity contribution is 7.21. The van der Waals surface area contributed by atoms with Crippen molar-refractivity contribution < 1.29 is 23.9 Å². The van der Waals surface area contributed by atoms with Crippen molar-refractivity contribution in [2.24, 2.45) is 0 Å². The number of esters is 2. The molecule has 10 heteroatoms. The number of hydrogen-bond acceptors (Lipinski definition) is 7. The molecule has 0 aliphatic carbocycles. The number of fused-ring (bicyclic) bond motifs is 1. The Kier molecular flexibility index (Phi) is 7.53. The second kappa shape index (κ2) is 10.6. The maximum absolute atomic E-state index is 12.6. The van der Waals surface area contributed by atoms with Crippen LogP contribution >= 0.6 is 45.9 Å². The van der Waals surface area contributed by atoms with Crippen LogP contribution in [0.2, 0.25) is 10.0 Å². The van der Waals surface area contributed by atoms with Crippen LogP contribution in [-0.2, 0) is 14.3 Å². The van der Waals surface area contributed by atoms with Crippen LogP contribution in [0.1, 0.15) is 27.0 Å². The summed E-state index contributed by atoms with van der Waals surface area (Å²) in [6, 6.07) is 14.4. The lowest BCUT2D eigenvalue weighted by atomic mass is 10.0. The van der Waals surface area contributed by atoms with Crippen LogP contribution in [-0.4, -0.2) is 31.1 Å². The third kappa shape index (κ3) is 5.10. The molecule has 0 atom stereocenters. The first kappa shape index (κ1) is 24.2. The van der Waals surface area contributed by atoms with Gasteiger partial charge in [0, 0.05) is 26.1 Å². The van der Waals surface area contributed by atoms with Crippen LogP contribution in [0.3, 0.4) is 0 Å². The van der Waals surface area contributed by atoms with E-state index in [1.807, 2.05) is 30.3 Å². The van der Waals surface area contributed by atoms with Crippen LogP contribution in [0.4, 0.5) is 5.00 Å². The van der Waals surface area contributed by atoms with Crippen LogP contribution in [0, 0.1) is 0 Å². The predicted molar refractivity (Wildman–Crippen MR) is 136 cm³/mol. The summed E-state index contributed by atoms with van der Waals surface area (Å²) in [5, 5.41) is 6.18. The van der Waals surface area contributed by atoms with Crippen molar-refractivity contribution >= 4 is 78.8 Å². The molecule has 0 unspecified atom stereocenters. The molecule has 0 spiro atoms. The molecule has 0 bridgehead atoms. The lowest BCUT2D eigenvalue weighted by molar-refractivity contribution is -0.119. The monoisotopic (exact) mass is 533 g/mol. The number of anilines is 1. The number of thiophene rings is 2. The van der Waals surface area contributed by atoms with Crippen molar-refractivity contribution in [2.45, 2.75) is 6.92 Å². The fourth-order valence-electron chi connectivity index (χ4n) is 3.22. The number of benzene rings is 2. The molecular weight excluding hydrogens is 517 g/mol. The van der Waals surface area contributed by atoms with Crippen LogP contribution in [0.15, 0.2) is 53.9 Å². The zero-order valence-electron chi connectivity index (χ0n) is 17.7. The number of nitrogens with one attached hydrogen (secondary N) is 1. The highest BCUT2D eigenvalue weighted by Crippen LogP contribution is 2.38. The molecule has 0 fully saturated rings. The lowest BCUT2D eigenvalue weighted by Crippen LogP contribution is -2.21. The van der Waals surface area contributed by atoms with Crippen LogP contribution < -0.4 is 5.32 Å². The van der Waals surface area contributed by atoms with Gasteiger partial charge in [-0.2, -0.15) is 0 Å². The van der Waals surface area contributed by atoms with Crippen molar-refractivity contribution in [1.82, 2.24) is 0 Å². The van der Waals surface area contributed by atoms with Gasteiger partial charge in [-0.25, -0.2) is 9.59 Å². The van der Waals surface area contributed by atoms with Gasteiger partial charge in [-0.05, 0) is 24.6 Å². The number of rotatable bonds is 7. The second-order valence-electron chi connectivity index (χ2n) is 6.95. The first-order chi connectivity index (χ1) is 16.4. The van der Waals surface area contributed by atoms with Crippen molar-refractivity contribution in [1.29, 1.82) is 0 Å². The Balaban J connectivity index is 1.49. The molecule has 0 aliphatic heterocycles. The van der Waals surface area contributed by atoms with Gasteiger partial charge in [0.1, 0.15) is 15.4 Å². The molecule has 6 nitrogen and oxygen atoms in total. The number of ether oxygens (including phenoxy) is 2. The smallest absolute Gasteiger partial charge is 0.350 e. The molecule has 0 saturated carbocycles. The molecule has 4 aromatic rings. The predicted octanol–water partition coefficient (Wildman–Crippen LogP) is 6.91. The van der Waals surface area contributed by atoms with E-state index in [-0.39, 0.29) is 22.1 Å². The SMILES string of the molecule is CCOC(=O)c1c(-c2ccccc2)csc1NC(=O)COC(=O)c1sc2cc(Cl)ccc2c1Cl. The number of amides is 1. The van der Waals surface area contributed by atoms with E-state index in [0.717, 1.165) is 21.6 Å². The minimum atomic E-state index is -0.723. The van der Waals surface area contributed by atoms with Crippen LogP contribution in [0.25, 0.3) is 21.2 Å². The van der Waals surface area contributed by atoms with E-state index in [9.17, 15) is 14.4 Å². The van der Waals surface area contributed by atoms with E-state index in [4.69, 9.17) is 32.7 Å². The summed E-state index contributed by atoms with van der Waals surface area (Å²) in [7, 11) is 0. The average Bonchev–Trinajstić information content (AvgIpc) is 3.39. The van der Waals surface area contributed by atoms with Crippen LogP contribution in [0.5, 0.6) is 0 Å². The standard InChI is InChI=1S/C24H17Cl2NO5S2/c1-2-31-23(29)19-16(13-6-4-3-5-7-13)12-33-22(19)27-18(28)11-32-24(30)21-20(26)15-9-8-14(25)10-17(15)34-21/h3-10,12H,2,11H2,1H3,(H,27,28). The third-order valence-corrected chi connectivity index (χ3v) is 7.49. The lowest BCUT2D eigenvalue weighted by Gasteiger charge is -2.09. The summed E-state index contributed by atoms with van der Waals surface area (Å²) in [4.78, 5) is 37.9. The van der Waals surface area contributed by atoms with E-state index in [0.29, 0.717) is 21.0 Å². The van der Waals surface area contributed by atoms with Gasteiger partial charge < -0.3 is 14.8 Å². The Bertz CT molecular complexity index is 1380. The zero-order valence-corrected chi connectivity index (χ0v) is 20.9. The van der Waals surface area contributed by atoms with E-state index >= 15 is 0 Å². The summed E-state index contributed by atoms with van der Waals surface area (Å²) >= 11 is 14.6. The van der Waals surface area contributed by atoms with E-state index in [2.05, 4.69) is 5.32 Å². The summed E-state index contributed by atoms with van der Waals surface area (Å²) in [6.45, 7) is 1.34. The second-order valence-corrected chi connectivity index (χ2v) is 9.70. The van der Waals surface area contributed by atoms with E-state index < -0.39 is 24.5 Å². The van der Waals surface area contributed by atoms with Gasteiger partial charge in [0.15, 0.2) is 6.61 Å². The summed E-state index contributed by atoms with van der Waals surface area (Å²) in [5.41, 5.74) is 1.71. The van der Waals surface area contributed by atoms with Gasteiger partial charge in [0.25, 0.3) is 5.91 Å². The van der Waals surface area contributed by atoms with Crippen molar-refractivity contribution in [2.75, 3.05) is 18.5 Å². The molecule has 34 heavy (non-hydrogen) atoms. The molecule has 1 amide bonds. The van der Waals surface area contributed by atoms with Gasteiger partial charge >= 0.3 is 11.9 Å². The maximum Gasteiger partial charge on any atom is 0.350 e. The van der Waals surface area contributed by atoms with Gasteiger partial charge in [-0.1, -0.05) is 59.6 Å². The quantitative estimate of drug-likeness (QED) is 0.261. The number of carbonyl (C=O) groups is 3. The van der Waals surface area contributed by atoms with Gasteiger partial charge in [0.05, 0.1) is 11.6 Å². The topological polar surface area (TPSA) is 81.7 Å². The highest BCUT2D eigenvalue weighted by Gasteiger charge is 2.24. The molecule has 0 radical (unpaired) electrons. The molecular formula is C24H17Cl2NO5S2. The zero-order chi connectivity index (χ0) is 24.2. The molecule has 2 heterocycles. The first-order valence-electron chi connectivity index (χ1n) is 10.1. The average molecular weight is 534 g/mol. The Morgan fingerprint density at radius 3 is 2.50 bits per heavy atom. The molecule has 2 aromatic carbocycles. The first-order valence-corrected chi connectivity index (χ1v) is 12.5. The highest BCUT2D eigenvalue weighted by atomic mass is 35.5. The molecule has 174 valence electrons. The van der Waals surface area contributed by atoms with Gasteiger partial charge in [0.2, 0.25) is 0 Å². The van der Waals surface area contributed by atoms with E-state index in [1.165, 1.54) is 11.3 Å². The number of carbonyl (C=O) groups excluding carboxylic acids is 3. The Hall–Kier alpha value is -2.91. The van der Waals surface area contributed by atoms with E-state index in [1.54, 1.807) is 30.5 Å². The number of hydrogen-bond donors (Lipinski definition) is 1. The third-order valence-electron chi connectivity index (χ3n) is 4.72. The Morgan fingerprint density at radius 2 is 1.76 bits per heavy atom. The van der Waals surface area contributed by atoms with Gasteiger partial charge in [-0.3, -0.25) is 4.79 Å². The minimum absolute atomic E-state index is 0.182. The largest absolute Gasteiger partial charge is 0.462 e. The summed E-state index contributed by atoms with van der Waals surface area (Å²) in [5.74, 6) is -1.87. The Morgan fingerprint density at radius 1 is 1.00 bits per heavy atom. The molecule has 0 aliphatic rings. The maximum atomic E-state index is 12.6.